The molecule has 0 fully saturated rings. The summed E-state index contributed by atoms with van der Waals surface area (Å²) in [5.74, 6) is -0.523. The first-order chi connectivity index (χ1) is 12.0. The molecule has 7 nitrogen and oxygen atoms in total. The minimum atomic E-state index is -1.03. The lowest BCUT2D eigenvalue weighted by Crippen LogP contribution is -2.39. The molecule has 2 rings (SSSR count). The van der Waals surface area contributed by atoms with Gasteiger partial charge in [-0.25, -0.2) is 0 Å². The highest BCUT2D eigenvalue weighted by Gasteiger charge is 2.15. The number of amides is 1. The van der Waals surface area contributed by atoms with Crippen LogP contribution in [0.2, 0.25) is 0 Å². The third-order valence-electron chi connectivity index (χ3n) is 3.52. The van der Waals surface area contributed by atoms with Gasteiger partial charge in [0, 0.05) is 12.2 Å². The minimum absolute atomic E-state index is 0.0866. The van der Waals surface area contributed by atoms with Gasteiger partial charge in [-0.05, 0) is 42.0 Å². The van der Waals surface area contributed by atoms with Crippen LogP contribution in [0.4, 0.5) is 5.69 Å². The Bertz CT molecular complexity index is 713. The molecular weight excluding hydrogens is 324 g/mol. The van der Waals surface area contributed by atoms with E-state index in [0.717, 1.165) is 5.56 Å². The maximum Gasteiger partial charge on any atom is 0.323 e. The SMILES string of the molecule is COc1ccc(N(CC(=O)O)CC(=O)NCc2ccc(O)cc2)cc1. The van der Waals surface area contributed by atoms with E-state index in [-0.39, 0.29) is 24.7 Å². The second-order valence-electron chi connectivity index (χ2n) is 5.39. The van der Waals surface area contributed by atoms with Crippen molar-refractivity contribution in [2.75, 3.05) is 25.1 Å². The molecule has 0 aromatic heterocycles. The standard InChI is InChI=1S/C18H20N2O5/c1-25-16-8-4-14(5-9-16)20(12-18(23)24)11-17(22)19-10-13-2-6-15(21)7-3-13/h2-9,21H,10-12H2,1H3,(H,19,22)(H,23,24). The number of benzene rings is 2. The molecular formula is C18H20N2O5. The molecule has 7 heteroatoms. The highest BCUT2D eigenvalue weighted by molar-refractivity contribution is 5.84. The summed E-state index contributed by atoms with van der Waals surface area (Å²) < 4.78 is 5.08. The predicted molar refractivity (Wildman–Crippen MR) is 92.8 cm³/mol. The van der Waals surface area contributed by atoms with Crippen molar-refractivity contribution in [1.29, 1.82) is 0 Å². The molecule has 1 amide bonds. The van der Waals surface area contributed by atoms with E-state index in [9.17, 15) is 14.7 Å². The molecule has 0 aliphatic rings. The zero-order chi connectivity index (χ0) is 18.2. The Kier molecular flexibility index (Phi) is 6.22. The van der Waals surface area contributed by atoms with Gasteiger partial charge in [-0.1, -0.05) is 12.1 Å². The first kappa shape index (κ1) is 18.1. The Balaban J connectivity index is 1.98. The van der Waals surface area contributed by atoms with E-state index >= 15 is 0 Å². The van der Waals surface area contributed by atoms with Gasteiger partial charge in [-0.2, -0.15) is 0 Å². The van der Waals surface area contributed by atoms with Crippen molar-refractivity contribution in [2.24, 2.45) is 0 Å². The summed E-state index contributed by atoms with van der Waals surface area (Å²) in [4.78, 5) is 24.7. The number of phenolic OH excluding ortho intramolecular Hbond substituents is 1. The van der Waals surface area contributed by atoms with E-state index < -0.39 is 5.97 Å². The molecule has 0 spiro atoms. The number of ether oxygens (including phenoxy) is 1. The van der Waals surface area contributed by atoms with Crippen molar-refractivity contribution in [1.82, 2.24) is 5.32 Å². The van der Waals surface area contributed by atoms with Crippen LogP contribution in [0.3, 0.4) is 0 Å². The number of aliphatic carboxylic acids is 1. The summed E-state index contributed by atoms with van der Waals surface area (Å²) >= 11 is 0. The fourth-order valence-corrected chi connectivity index (χ4v) is 2.24. The molecule has 25 heavy (non-hydrogen) atoms. The van der Waals surface area contributed by atoms with Crippen LogP contribution in [-0.2, 0) is 16.1 Å². The van der Waals surface area contributed by atoms with Crippen molar-refractivity contribution >= 4 is 17.6 Å². The number of phenols is 1. The number of hydrogen-bond acceptors (Lipinski definition) is 5. The van der Waals surface area contributed by atoms with Crippen LogP contribution in [0.1, 0.15) is 5.56 Å². The first-order valence-electron chi connectivity index (χ1n) is 7.63. The van der Waals surface area contributed by atoms with Crippen LogP contribution >= 0.6 is 0 Å². The van der Waals surface area contributed by atoms with Gasteiger partial charge < -0.3 is 25.2 Å². The van der Waals surface area contributed by atoms with Crippen LogP contribution < -0.4 is 15.0 Å². The molecule has 132 valence electrons. The quantitative estimate of drug-likeness (QED) is 0.673. The van der Waals surface area contributed by atoms with Gasteiger partial charge in [0.25, 0.3) is 0 Å². The number of hydrogen-bond donors (Lipinski definition) is 3. The van der Waals surface area contributed by atoms with Gasteiger partial charge in [0.2, 0.25) is 5.91 Å². The van der Waals surface area contributed by atoms with Gasteiger partial charge in [0.05, 0.1) is 13.7 Å². The number of aromatic hydroxyl groups is 1. The number of nitrogens with one attached hydrogen (secondary N) is 1. The average Bonchev–Trinajstić information content (AvgIpc) is 2.60. The third-order valence-corrected chi connectivity index (χ3v) is 3.52. The Morgan fingerprint density at radius 2 is 1.68 bits per heavy atom. The zero-order valence-electron chi connectivity index (χ0n) is 13.8. The number of carboxylic acids is 1. The highest BCUT2D eigenvalue weighted by Crippen LogP contribution is 2.19. The lowest BCUT2D eigenvalue weighted by Gasteiger charge is -2.22. The summed E-state index contributed by atoms with van der Waals surface area (Å²) in [6.45, 7) is -0.0850. The minimum Gasteiger partial charge on any atom is -0.508 e. The summed E-state index contributed by atoms with van der Waals surface area (Å²) in [5, 5.41) is 21.0. The molecule has 0 unspecified atom stereocenters. The van der Waals surface area contributed by atoms with Gasteiger partial charge >= 0.3 is 5.97 Å². The average molecular weight is 344 g/mol. The number of anilines is 1. The fourth-order valence-electron chi connectivity index (χ4n) is 2.24. The Morgan fingerprint density at radius 3 is 2.24 bits per heavy atom. The topological polar surface area (TPSA) is 99.1 Å². The number of carbonyl (C=O) groups is 2. The second kappa shape index (κ2) is 8.58. The number of methoxy groups -OCH3 is 1. The molecule has 0 saturated heterocycles. The number of carbonyl (C=O) groups excluding carboxylic acids is 1. The molecule has 0 saturated carbocycles. The summed E-state index contributed by atoms with van der Waals surface area (Å²) in [6.07, 6.45) is 0. The Hall–Kier alpha value is -3.22. The van der Waals surface area contributed by atoms with Crippen LogP contribution in [0.15, 0.2) is 48.5 Å². The number of carboxylic acid groups (broad SMARTS) is 1. The normalized spacial score (nSPS) is 10.1. The van der Waals surface area contributed by atoms with Crippen LogP contribution in [-0.4, -0.2) is 42.3 Å². The summed E-state index contributed by atoms with van der Waals surface area (Å²) in [6, 6.07) is 13.3. The van der Waals surface area contributed by atoms with Crippen LogP contribution in [0.25, 0.3) is 0 Å². The molecule has 0 heterocycles. The summed E-state index contributed by atoms with van der Waals surface area (Å²) in [7, 11) is 1.54. The van der Waals surface area contributed by atoms with E-state index in [2.05, 4.69) is 5.32 Å². The van der Waals surface area contributed by atoms with Crippen LogP contribution in [0, 0.1) is 0 Å². The van der Waals surface area contributed by atoms with E-state index in [1.807, 2.05) is 0 Å². The second-order valence-corrected chi connectivity index (χ2v) is 5.39. The molecule has 2 aromatic carbocycles. The fraction of sp³-hybridized carbons (Fsp3) is 0.222. The van der Waals surface area contributed by atoms with Gasteiger partial charge in [-0.15, -0.1) is 0 Å². The number of nitrogens with zero attached hydrogens (tertiary/aromatic N) is 1. The molecule has 0 atom stereocenters. The lowest BCUT2D eigenvalue weighted by atomic mass is 10.2. The van der Waals surface area contributed by atoms with Crippen molar-refractivity contribution in [3.63, 3.8) is 0 Å². The maximum atomic E-state index is 12.2. The first-order valence-corrected chi connectivity index (χ1v) is 7.63. The zero-order valence-corrected chi connectivity index (χ0v) is 13.8. The molecule has 2 aromatic rings. The molecule has 0 aliphatic heterocycles. The Morgan fingerprint density at radius 1 is 1.04 bits per heavy atom. The molecule has 0 bridgehead atoms. The van der Waals surface area contributed by atoms with Crippen LogP contribution in [0.5, 0.6) is 11.5 Å². The van der Waals surface area contributed by atoms with E-state index in [1.165, 1.54) is 17.0 Å². The van der Waals surface area contributed by atoms with E-state index in [4.69, 9.17) is 9.84 Å². The van der Waals surface area contributed by atoms with Crippen molar-refractivity contribution < 1.29 is 24.5 Å². The van der Waals surface area contributed by atoms with Crippen molar-refractivity contribution in [3.05, 3.63) is 54.1 Å². The van der Waals surface area contributed by atoms with E-state index in [0.29, 0.717) is 18.0 Å². The van der Waals surface area contributed by atoms with Gasteiger partial charge in [-0.3, -0.25) is 9.59 Å². The third kappa shape index (κ3) is 5.72. The smallest absolute Gasteiger partial charge is 0.323 e. The van der Waals surface area contributed by atoms with E-state index in [1.54, 1.807) is 43.5 Å². The lowest BCUT2D eigenvalue weighted by molar-refractivity contribution is -0.135. The number of rotatable bonds is 8. The Labute approximate surface area is 145 Å². The monoisotopic (exact) mass is 344 g/mol. The summed E-state index contributed by atoms with van der Waals surface area (Å²) in [5.41, 5.74) is 1.45. The van der Waals surface area contributed by atoms with Crippen molar-refractivity contribution in [3.8, 4) is 11.5 Å². The van der Waals surface area contributed by atoms with Gasteiger partial charge in [0.1, 0.15) is 18.0 Å². The predicted octanol–water partition coefficient (Wildman–Crippen LogP) is 1.61. The highest BCUT2D eigenvalue weighted by atomic mass is 16.5. The largest absolute Gasteiger partial charge is 0.508 e. The molecule has 0 aliphatic carbocycles. The maximum absolute atomic E-state index is 12.2. The van der Waals surface area contributed by atoms with Crippen molar-refractivity contribution in [2.45, 2.75) is 6.54 Å². The molecule has 0 radical (unpaired) electrons. The molecule has 3 N–H and O–H groups in total. The van der Waals surface area contributed by atoms with Gasteiger partial charge in [0.15, 0.2) is 0 Å².